The van der Waals surface area contributed by atoms with Crippen molar-refractivity contribution >= 4 is 33.6 Å². The summed E-state index contributed by atoms with van der Waals surface area (Å²) < 4.78 is 11.0. The van der Waals surface area contributed by atoms with Crippen LogP contribution in [0.3, 0.4) is 0 Å². The molecule has 7 heteroatoms. The number of amides is 1. The number of carbonyl (C=O) groups is 1. The molecule has 2 aromatic rings. The standard InChI is InChI=1S/C16H15BrN2O4/c1-22-13-5-3-10(7-14(13)23-2)4-6-15(20)19-12-8-11(17)9-18-16(12)21/h3-9H,1-2H3,(H,18,21)(H,19,20)/b6-4+. The van der Waals surface area contributed by atoms with Crippen LogP contribution in [0.2, 0.25) is 0 Å². The van der Waals surface area contributed by atoms with Crippen LogP contribution in [0.15, 0.2) is 45.8 Å². The minimum atomic E-state index is -0.414. The van der Waals surface area contributed by atoms with Crippen LogP contribution < -0.4 is 20.3 Å². The summed E-state index contributed by atoms with van der Waals surface area (Å²) in [4.78, 5) is 26.0. The first-order valence-corrected chi connectivity index (χ1v) is 7.42. The molecule has 1 heterocycles. The topological polar surface area (TPSA) is 80.4 Å². The summed E-state index contributed by atoms with van der Waals surface area (Å²) >= 11 is 3.23. The number of carbonyl (C=O) groups excluding carboxylic acids is 1. The first kappa shape index (κ1) is 16.8. The molecule has 6 nitrogen and oxygen atoms in total. The van der Waals surface area contributed by atoms with E-state index in [9.17, 15) is 9.59 Å². The second-order valence-electron chi connectivity index (χ2n) is 4.50. The predicted molar refractivity (Wildman–Crippen MR) is 92.0 cm³/mol. The highest BCUT2D eigenvalue weighted by Crippen LogP contribution is 2.27. The Bertz CT molecular complexity index is 799. The van der Waals surface area contributed by atoms with E-state index in [1.54, 1.807) is 31.4 Å². The number of hydrogen-bond acceptors (Lipinski definition) is 4. The molecule has 0 unspecified atom stereocenters. The van der Waals surface area contributed by atoms with Gasteiger partial charge in [-0.15, -0.1) is 0 Å². The fourth-order valence-corrected chi connectivity index (χ4v) is 2.20. The number of H-pyrrole nitrogens is 1. The zero-order valence-electron chi connectivity index (χ0n) is 12.6. The van der Waals surface area contributed by atoms with E-state index in [0.717, 1.165) is 5.56 Å². The molecular weight excluding hydrogens is 364 g/mol. The van der Waals surface area contributed by atoms with Crippen LogP contribution in [0.25, 0.3) is 6.08 Å². The van der Waals surface area contributed by atoms with Crippen LogP contribution in [0.1, 0.15) is 5.56 Å². The number of anilines is 1. The highest BCUT2D eigenvalue weighted by Gasteiger charge is 2.05. The minimum Gasteiger partial charge on any atom is -0.493 e. The lowest BCUT2D eigenvalue weighted by molar-refractivity contribution is -0.111. The predicted octanol–water partition coefficient (Wildman–Crippen LogP) is 2.81. The molecule has 2 rings (SSSR count). The van der Waals surface area contributed by atoms with E-state index in [2.05, 4.69) is 26.2 Å². The lowest BCUT2D eigenvalue weighted by Crippen LogP contribution is -2.17. The number of aromatic amines is 1. The van der Waals surface area contributed by atoms with Crippen molar-refractivity contribution < 1.29 is 14.3 Å². The van der Waals surface area contributed by atoms with Gasteiger partial charge in [0.25, 0.3) is 5.56 Å². The molecule has 2 N–H and O–H groups in total. The van der Waals surface area contributed by atoms with Crippen molar-refractivity contribution in [2.45, 2.75) is 0 Å². The fourth-order valence-electron chi connectivity index (χ4n) is 1.85. The largest absolute Gasteiger partial charge is 0.493 e. The number of aromatic nitrogens is 1. The summed E-state index contributed by atoms with van der Waals surface area (Å²) in [5, 5.41) is 2.52. The average molecular weight is 379 g/mol. The average Bonchev–Trinajstić information content (AvgIpc) is 2.56. The minimum absolute atomic E-state index is 0.168. The maximum absolute atomic E-state index is 11.9. The third-order valence-electron chi connectivity index (χ3n) is 2.96. The maximum Gasteiger partial charge on any atom is 0.271 e. The molecule has 1 aromatic heterocycles. The highest BCUT2D eigenvalue weighted by atomic mass is 79.9. The second kappa shape index (κ2) is 7.64. The van der Waals surface area contributed by atoms with Crippen molar-refractivity contribution in [1.82, 2.24) is 4.98 Å². The van der Waals surface area contributed by atoms with Gasteiger partial charge in [-0.3, -0.25) is 9.59 Å². The Hall–Kier alpha value is -2.54. The Morgan fingerprint density at radius 3 is 2.65 bits per heavy atom. The monoisotopic (exact) mass is 378 g/mol. The van der Waals surface area contributed by atoms with Crippen LogP contribution in [-0.2, 0) is 4.79 Å². The van der Waals surface area contributed by atoms with Crippen LogP contribution in [0, 0.1) is 0 Å². The van der Waals surface area contributed by atoms with Crippen LogP contribution in [-0.4, -0.2) is 25.1 Å². The van der Waals surface area contributed by atoms with E-state index in [0.29, 0.717) is 16.0 Å². The van der Waals surface area contributed by atoms with Crippen molar-refractivity contribution in [1.29, 1.82) is 0 Å². The van der Waals surface area contributed by atoms with Crippen LogP contribution >= 0.6 is 15.9 Å². The van der Waals surface area contributed by atoms with E-state index in [1.807, 2.05) is 0 Å². The lowest BCUT2D eigenvalue weighted by atomic mass is 10.2. The molecule has 1 aromatic carbocycles. The SMILES string of the molecule is COc1ccc(/C=C/C(=O)Nc2cc(Br)c[nH]c2=O)cc1OC. The lowest BCUT2D eigenvalue weighted by Gasteiger charge is -2.07. The first-order chi connectivity index (χ1) is 11.0. The van der Waals surface area contributed by atoms with Gasteiger partial charge >= 0.3 is 0 Å². The second-order valence-corrected chi connectivity index (χ2v) is 5.41. The molecule has 0 aliphatic carbocycles. The molecule has 0 fully saturated rings. The zero-order chi connectivity index (χ0) is 16.8. The summed E-state index contributed by atoms with van der Waals surface area (Å²) in [6.45, 7) is 0. The fraction of sp³-hybridized carbons (Fsp3) is 0.125. The Morgan fingerprint density at radius 1 is 1.22 bits per heavy atom. The molecule has 0 aliphatic rings. The van der Waals surface area contributed by atoms with Gasteiger partial charge in [0.15, 0.2) is 11.5 Å². The molecule has 0 radical (unpaired) electrons. The van der Waals surface area contributed by atoms with Gasteiger partial charge in [0.1, 0.15) is 5.69 Å². The van der Waals surface area contributed by atoms with E-state index in [1.165, 1.54) is 25.4 Å². The molecule has 120 valence electrons. The summed E-state index contributed by atoms with van der Waals surface area (Å²) in [5.41, 5.74) is 0.559. The van der Waals surface area contributed by atoms with Gasteiger partial charge in [0.2, 0.25) is 5.91 Å². The maximum atomic E-state index is 11.9. The first-order valence-electron chi connectivity index (χ1n) is 6.63. The van der Waals surface area contributed by atoms with Gasteiger partial charge in [-0.05, 0) is 45.8 Å². The molecule has 23 heavy (non-hydrogen) atoms. The molecule has 0 aliphatic heterocycles. The molecule has 0 saturated carbocycles. The molecule has 1 amide bonds. The number of benzene rings is 1. The summed E-state index contributed by atoms with van der Waals surface area (Å²) in [7, 11) is 3.09. The summed E-state index contributed by atoms with van der Waals surface area (Å²) in [6, 6.07) is 6.81. The Balaban J connectivity index is 2.12. The van der Waals surface area contributed by atoms with E-state index in [4.69, 9.17) is 9.47 Å². The van der Waals surface area contributed by atoms with Gasteiger partial charge in [0, 0.05) is 16.7 Å². The number of ether oxygens (including phenoxy) is 2. The number of hydrogen-bond donors (Lipinski definition) is 2. The van der Waals surface area contributed by atoms with Gasteiger partial charge in [-0.1, -0.05) is 6.07 Å². The number of methoxy groups -OCH3 is 2. The highest BCUT2D eigenvalue weighted by molar-refractivity contribution is 9.10. The van der Waals surface area contributed by atoms with Gasteiger partial charge in [-0.2, -0.15) is 0 Å². The molecular formula is C16H15BrN2O4. The van der Waals surface area contributed by atoms with Crippen molar-refractivity contribution in [3.05, 3.63) is 56.9 Å². The van der Waals surface area contributed by atoms with Gasteiger partial charge < -0.3 is 19.8 Å². The Morgan fingerprint density at radius 2 is 1.96 bits per heavy atom. The smallest absolute Gasteiger partial charge is 0.271 e. The molecule has 0 saturated heterocycles. The number of nitrogens with one attached hydrogen (secondary N) is 2. The van der Waals surface area contributed by atoms with Crippen molar-refractivity contribution in [2.75, 3.05) is 19.5 Å². The van der Waals surface area contributed by atoms with Crippen LogP contribution in [0.5, 0.6) is 11.5 Å². The number of halogens is 1. The molecule has 0 spiro atoms. The quantitative estimate of drug-likeness (QED) is 0.783. The van der Waals surface area contributed by atoms with Crippen molar-refractivity contribution in [3.63, 3.8) is 0 Å². The number of pyridine rings is 1. The van der Waals surface area contributed by atoms with E-state index in [-0.39, 0.29) is 11.2 Å². The van der Waals surface area contributed by atoms with Gasteiger partial charge in [0.05, 0.1) is 14.2 Å². The Kier molecular flexibility index (Phi) is 5.59. The summed E-state index contributed by atoms with van der Waals surface area (Å²) in [6.07, 6.45) is 4.45. The Labute approximate surface area is 141 Å². The third kappa shape index (κ3) is 4.46. The molecule has 0 atom stereocenters. The van der Waals surface area contributed by atoms with E-state index < -0.39 is 5.91 Å². The van der Waals surface area contributed by atoms with Crippen molar-refractivity contribution in [2.24, 2.45) is 0 Å². The van der Waals surface area contributed by atoms with Crippen LogP contribution in [0.4, 0.5) is 5.69 Å². The van der Waals surface area contributed by atoms with Crippen molar-refractivity contribution in [3.8, 4) is 11.5 Å². The van der Waals surface area contributed by atoms with Gasteiger partial charge in [-0.25, -0.2) is 0 Å². The normalized spacial score (nSPS) is 10.6. The third-order valence-corrected chi connectivity index (χ3v) is 3.42. The van der Waals surface area contributed by atoms with E-state index >= 15 is 0 Å². The summed E-state index contributed by atoms with van der Waals surface area (Å²) in [5.74, 6) is 0.761. The molecule has 0 bridgehead atoms. The zero-order valence-corrected chi connectivity index (χ0v) is 14.1. The number of rotatable bonds is 5.